The number of pyridine rings is 1. The van der Waals surface area contributed by atoms with Crippen molar-refractivity contribution in [2.24, 2.45) is 0 Å². The molecule has 3 aromatic rings. The number of aromatic nitrogens is 2. The zero-order chi connectivity index (χ0) is 17.1. The summed E-state index contributed by atoms with van der Waals surface area (Å²) in [7, 11) is 0. The summed E-state index contributed by atoms with van der Waals surface area (Å²) in [6, 6.07) is 8.96. The van der Waals surface area contributed by atoms with Crippen molar-refractivity contribution >= 4 is 39.1 Å². The number of hydrogen-bond acceptors (Lipinski definition) is 5. The highest BCUT2D eigenvalue weighted by molar-refractivity contribution is 7.18. The van der Waals surface area contributed by atoms with Gasteiger partial charge in [0.1, 0.15) is 0 Å². The Morgan fingerprint density at radius 3 is 2.83 bits per heavy atom. The van der Waals surface area contributed by atoms with Crippen molar-refractivity contribution < 1.29 is 9.59 Å². The molecule has 0 saturated heterocycles. The summed E-state index contributed by atoms with van der Waals surface area (Å²) in [4.78, 5) is 31.9. The van der Waals surface area contributed by atoms with Crippen LogP contribution in [0.5, 0.6) is 0 Å². The SMILES string of the molecule is CC(=O)NCc1cc(C(=O)Nc2ccc3sc(C)nc3c2)ccn1. The van der Waals surface area contributed by atoms with Crippen molar-refractivity contribution in [3.05, 3.63) is 52.8 Å². The van der Waals surface area contributed by atoms with Crippen LogP contribution in [0.25, 0.3) is 10.2 Å². The Balaban J connectivity index is 1.75. The Bertz CT molecular complexity index is 920. The van der Waals surface area contributed by atoms with Crippen molar-refractivity contribution in [1.29, 1.82) is 0 Å². The van der Waals surface area contributed by atoms with Crippen LogP contribution in [0.1, 0.15) is 28.0 Å². The van der Waals surface area contributed by atoms with Crippen molar-refractivity contribution in [2.75, 3.05) is 5.32 Å². The van der Waals surface area contributed by atoms with Crippen LogP contribution in [0.3, 0.4) is 0 Å². The Labute approximate surface area is 142 Å². The molecule has 0 spiro atoms. The second-order valence-corrected chi connectivity index (χ2v) is 6.55. The molecule has 0 atom stereocenters. The molecule has 0 aliphatic heterocycles. The van der Waals surface area contributed by atoms with Crippen molar-refractivity contribution in [2.45, 2.75) is 20.4 Å². The van der Waals surface area contributed by atoms with E-state index < -0.39 is 0 Å². The molecule has 0 aliphatic carbocycles. The van der Waals surface area contributed by atoms with Crippen LogP contribution in [0.4, 0.5) is 5.69 Å². The number of thiazole rings is 1. The standard InChI is InChI=1S/C17H16N4O2S/c1-10(22)19-9-14-7-12(5-6-18-14)17(23)21-13-3-4-16-15(8-13)20-11(2)24-16/h3-8H,9H2,1-2H3,(H,19,22)(H,21,23). The quantitative estimate of drug-likeness (QED) is 0.765. The molecule has 0 fully saturated rings. The summed E-state index contributed by atoms with van der Waals surface area (Å²) >= 11 is 1.62. The molecule has 6 nitrogen and oxygen atoms in total. The molecule has 0 unspecified atom stereocenters. The van der Waals surface area contributed by atoms with E-state index in [-0.39, 0.29) is 11.8 Å². The molecule has 1 aromatic carbocycles. The molecule has 2 N–H and O–H groups in total. The zero-order valence-electron chi connectivity index (χ0n) is 13.3. The number of fused-ring (bicyclic) bond motifs is 1. The average Bonchev–Trinajstić information content (AvgIpc) is 2.92. The predicted octanol–water partition coefficient (Wildman–Crippen LogP) is 2.89. The largest absolute Gasteiger partial charge is 0.351 e. The predicted molar refractivity (Wildman–Crippen MR) is 94.1 cm³/mol. The normalized spacial score (nSPS) is 10.6. The number of amides is 2. The van der Waals surface area contributed by atoms with Crippen molar-refractivity contribution in [1.82, 2.24) is 15.3 Å². The van der Waals surface area contributed by atoms with Crippen LogP contribution in [0, 0.1) is 6.92 Å². The van der Waals surface area contributed by atoms with Gasteiger partial charge in [0.05, 0.1) is 27.5 Å². The zero-order valence-corrected chi connectivity index (χ0v) is 14.1. The first-order valence-corrected chi connectivity index (χ1v) is 8.21. The van der Waals surface area contributed by atoms with Gasteiger partial charge in [-0.1, -0.05) is 0 Å². The highest BCUT2D eigenvalue weighted by atomic mass is 32.1. The van der Waals surface area contributed by atoms with E-state index in [1.165, 1.54) is 6.92 Å². The minimum Gasteiger partial charge on any atom is -0.351 e. The maximum Gasteiger partial charge on any atom is 0.255 e. The summed E-state index contributed by atoms with van der Waals surface area (Å²) in [6.45, 7) is 3.68. The lowest BCUT2D eigenvalue weighted by Crippen LogP contribution is -2.20. The summed E-state index contributed by atoms with van der Waals surface area (Å²) in [5, 5.41) is 6.51. The van der Waals surface area contributed by atoms with Gasteiger partial charge in [-0.05, 0) is 37.3 Å². The first-order chi connectivity index (χ1) is 11.5. The Hall–Kier alpha value is -2.80. The lowest BCUT2D eigenvalue weighted by molar-refractivity contribution is -0.119. The Morgan fingerprint density at radius 2 is 2.04 bits per heavy atom. The van der Waals surface area contributed by atoms with E-state index in [1.54, 1.807) is 29.7 Å². The maximum atomic E-state index is 12.4. The Morgan fingerprint density at radius 1 is 1.21 bits per heavy atom. The van der Waals surface area contributed by atoms with E-state index in [4.69, 9.17) is 0 Å². The van der Waals surface area contributed by atoms with Gasteiger partial charge in [-0.15, -0.1) is 11.3 Å². The van der Waals surface area contributed by atoms with E-state index in [0.29, 0.717) is 23.5 Å². The molecule has 0 bridgehead atoms. The van der Waals surface area contributed by atoms with Crippen LogP contribution in [-0.4, -0.2) is 21.8 Å². The summed E-state index contributed by atoms with van der Waals surface area (Å²) < 4.78 is 1.09. The van der Waals surface area contributed by atoms with E-state index in [9.17, 15) is 9.59 Å². The molecule has 2 heterocycles. The van der Waals surface area contributed by atoms with Crippen LogP contribution in [-0.2, 0) is 11.3 Å². The van der Waals surface area contributed by atoms with Crippen molar-refractivity contribution in [3.8, 4) is 0 Å². The highest BCUT2D eigenvalue weighted by Gasteiger charge is 2.09. The first kappa shape index (κ1) is 16.1. The van der Waals surface area contributed by atoms with Gasteiger partial charge in [-0.25, -0.2) is 4.98 Å². The average molecular weight is 340 g/mol. The molecule has 24 heavy (non-hydrogen) atoms. The molecule has 7 heteroatoms. The fraction of sp³-hybridized carbons (Fsp3) is 0.176. The number of rotatable bonds is 4. The smallest absolute Gasteiger partial charge is 0.255 e. The lowest BCUT2D eigenvalue weighted by Gasteiger charge is -2.07. The van der Waals surface area contributed by atoms with Gasteiger partial charge in [0.25, 0.3) is 5.91 Å². The van der Waals surface area contributed by atoms with Gasteiger partial charge in [0.15, 0.2) is 0 Å². The van der Waals surface area contributed by atoms with Gasteiger partial charge in [-0.3, -0.25) is 14.6 Å². The molecule has 0 radical (unpaired) electrons. The summed E-state index contributed by atoms with van der Waals surface area (Å²) in [5.74, 6) is -0.369. The van der Waals surface area contributed by atoms with Crippen LogP contribution in [0.15, 0.2) is 36.5 Å². The third-order valence-corrected chi connectivity index (χ3v) is 4.30. The molecule has 122 valence electrons. The number of nitrogens with one attached hydrogen (secondary N) is 2. The number of nitrogens with zero attached hydrogens (tertiary/aromatic N) is 2. The lowest BCUT2D eigenvalue weighted by atomic mass is 10.2. The summed E-state index contributed by atoms with van der Waals surface area (Å²) in [5.41, 5.74) is 2.68. The number of aryl methyl sites for hydroxylation is 1. The second kappa shape index (κ2) is 6.76. The number of hydrogen-bond donors (Lipinski definition) is 2. The van der Waals surface area contributed by atoms with Crippen LogP contribution < -0.4 is 10.6 Å². The van der Waals surface area contributed by atoms with Crippen molar-refractivity contribution in [3.63, 3.8) is 0 Å². The third-order valence-electron chi connectivity index (χ3n) is 3.35. The fourth-order valence-electron chi connectivity index (χ4n) is 2.25. The van der Waals surface area contributed by atoms with Gasteiger partial charge in [0.2, 0.25) is 5.91 Å². The van der Waals surface area contributed by atoms with Crippen LogP contribution >= 0.6 is 11.3 Å². The topological polar surface area (TPSA) is 84.0 Å². The number of anilines is 1. The second-order valence-electron chi connectivity index (χ2n) is 5.32. The monoisotopic (exact) mass is 340 g/mol. The third kappa shape index (κ3) is 3.75. The van der Waals surface area contributed by atoms with Crippen LogP contribution in [0.2, 0.25) is 0 Å². The number of carbonyl (C=O) groups excluding carboxylic acids is 2. The van der Waals surface area contributed by atoms with Gasteiger partial charge >= 0.3 is 0 Å². The molecule has 3 rings (SSSR count). The molecular weight excluding hydrogens is 324 g/mol. The summed E-state index contributed by atoms with van der Waals surface area (Å²) in [6.07, 6.45) is 1.55. The number of carbonyl (C=O) groups is 2. The van der Waals surface area contributed by atoms with E-state index >= 15 is 0 Å². The van der Waals surface area contributed by atoms with E-state index in [2.05, 4.69) is 20.6 Å². The van der Waals surface area contributed by atoms with Gasteiger partial charge in [-0.2, -0.15) is 0 Å². The van der Waals surface area contributed by atoms with Gasteiger partial charge in [0, 0.05) is 24.4 Å². The first-order valence-electron chi connectivity index (χ1n) is 7.39. The number of benzene rings is 1. The fourth-order valence-corrected chi connectivity index (χ4v) is 3.06. The molecule has 0 aliphatic rings. The molecule has 2 aromatic heterocycles. The highest BCUT2D eigenvalue weighted by Crippen LogP contribution is 2.24. The van der Waals surface area contributed by atoms with E-state index in [0.717, 1.165) is 15.2 Å². The maximum absolute atomic E-state index is 12.4. The minimum absolute atomic E-state index is 0.140. The molecule has 0 saturated carbocycles. The molecule has 2 amide bonds. The Kier molecular flexibility index (Phi) is 4.52. The molecular formula is C17H16N4O2S. The minimum atomic E-state index is -0.229. The van der Waals surface area contributed by atoms with Gasteiger partial charge < -0.3 is 10.6 Å². The van der Waals surface area contributed by atoms with E-state index in [1.807, 2.05) is 25.1 Å².